The largest absolute Gasteiger partial charge is 2.00 e. The second kappa shape index (κ2) is 20.5. The average molecular weight is 772 g/mol. The van der Waals surface area contributed by atoms with E-state index in [1.807, 2.05) is 72.8 Å². The van der Waals surface area contributed by atoms with Crippen LogP contribution in [0.2, 0.25) is 0 Å². The van der Waals surface area contributed by atoms with Gasteiger partial charge in [-0.1, -0.05) is 24.3 Å². The maximum atomic E-state index is 8.49. The van der Waals surface area contributed by atoms with E-state index in [0.717, 1.165) is 0 Å². The molecule has 0 aromatic carbocycles. The van der Waals surface area contributed by atoms with Gasteiger partial charge >= 0.3 is 16.5 Å². The Balaban J connectivity index is 0.000000707. The normalized spacial score (nSPS) is 10.1. The molecule has 0 fully saturated rings. The summed E-state index contributed by atoms with van der Waals surface area (Å²) in [6, 6.07) is 22.1. The van der Waals surface area contributed by atoms with Crippen LogP contribution in [0.1, 0.15) is 0 Å². The zero-order chi connectivity index (χ0) is 33.7. The standard InChI is InChI=1S/2C12H10N6.2ClHO4.Ni.2H2O/c2*13-18-11(9-5-1-3-7-14-9)16-17-12(18)10-6-2-4-8-15-10;2*2-1(3,4)5;;;/h2*1-8H,13H2;2*(H,2,3,4,5);;2*1H2/q;;;;+2;;. The summed E-state index contributed by atoms with van der Waals surface area (Å²) in [6.07, 6.45) is 6.74. The van der Waals surface area contributed by atoms with Crippen LogP contribution in [0.5, 0.6) is 0 Å². The summed E-state index contributed by atoms with van der Waals surface area (Å²) >= 11 is 0. The third-order valence-electron chi connectivity index (χ3n) is 4.97. The zero-order valence-corrected chi connectivity index (χ0v) is 26.9. The number of pyridine rings is 4. The van der Waals surface area contributed by atoms with Crippen molar-refractivity contribution in [3.63, 3.8) is 0 Å². The van der Waals surface area contributed by atoms with Crippen molar-refractivity contribution < 1.29 is 85.2 Å². The van der Waals surface area contributed by atoms with E-state index in [4.69, 9.17) is 49.0 Å². The Hall–Kier alpha value is -4.85. The predicted molar refractivity (Wildman–Crippen MR) is 143 cm³/mol. The molecule has 25 heteroatoms. The van der Waals surface area contributed by atoms with Crippen LogP contribution in [-0.2, 0) is 27.4 Å². The van der Waals surface area contributed by atoms with Crippen LogP contribution in [0.15, 0.2) is 97.6 Å². The number of nitrogens with two attached hydrogens (primary N) is 2. The van der Waals surface area contributed by atoms with E-state index in [1.54, 1.807) is 24.8 Å². The van der Waals surface area contributed by atoms with Gasteiger partial charge < -0.3 is 22.6 Å². The van der Waals surface area contributed by atoms with Gasteiger partial charge in [-0.3, -0.25) is 19.9 Å². The molecule has 0 saturated heterocycles. The molecule has 49 heavy (non-hydrogen) atoms. The molecule has 0 aliphatic rings. The number of hydrogen-bond acceptors (Lipinski definition) is 18. The zero-order valence-electron chi connectivity index (χ0n) is 24.4. The van der Waals surface area contributed by atoms with Gasteiger partial charge in [-0.05, 0) is 48.5 Å². The smallest absolute Gasteiger partial charge is 0.457 e. The fraction of sp³-hybridized carbons (Fsp3) is 0. The number of rotatable bonds is 4. The van der Waals surface area contributed by atoms with Gasteiger partial charge in [0, 0.05) is 24.8 Å². The molecule has 22 nitrogen and oxygen atoms in total. The summed E-state index contributed by atoms with van der Waals surface area (Å²) in [5, 5.41) is 16.2. The van der Waals surface area contributed by atoms with Gasteiger partial charge in [-0.25, -0.2) is 46.6 Å². The molecular weight excluding hydrogens is 746 g/mol. The Morgan fingerprint density at radius 1 is 0.408 bits per heavy atom. The molecule has 0 amide bonds. The molecule has 0 radical (unpaired) electrons. The van der Waals surface area contributed by atoms with E-state index >= 15 is 0 Å². The molecule has 0 unspecified atom stereocenters. The maximum Gasteiger partial charge on any atom is 2.00 e. The molecule has 0 saturated carbocycles. The average Bonchev–Trinajstić information content (AvgIpc) is 3.60. The number of hydrogen-bond donors (Lipinski definition) is 2. The first-order valence-electron chi connectivity index (χ1n) is 12.0. The van der Waals surface area contributed by atoms with Gasteiger partial charge in [0.05, 0.1) is 0 Å². The van der Waals surface area contributed by atoms with Gasteiger partial charge in [0.1, 0.15) is 22.8 Å². The molecule has 0 atom stereocenters. The van der Waals surface area contributed by atoms with E-state index in [0.29, 0.717) is 46.1 Å². The molecule has 6 heterocycles. The molecule has 10 N–H and O–H groups in total. The third-order valence-corrected chi connectivity index (χ3v) is 4.97. The van der Waals surface area contributed by atoms with E-state index in [1.165, 1.54) is 9.35 Å². The monoisotopic (exact) mass is 770 g/mol. The summed E-state index contributed by atoms with van der Waals surface area (Å²) in [7, 11) is -9.89. The minimum absolute atomic E-state index is 0. The van der Waals surface area contributed by atoms with Gasteiger partial charge in [-0.15, -0.1) is 40.9 Å². The first-order chi connectivity index (χ1) is 21.7. The molecule has 0 aliphatic heterocycles. The fourth-order valence-electron chi connectivity index (χ4n) is 3.26. The van der Waals surface area contributed by atoms with Gasteiger partial charge in [0.15, 0.2) is 0 Å². The SMILES string of the molecule is Nn1c(-c2ccccn2)nnc1-c1ccccn1.Nn1c(-c2ccccn2)nnc1-c1ccccn1.[Ni+2].[O-][Cl+3]([O-])([O-])[O-].[O-][Cl+3]([O-])([O-])[O-].[OH3+].[OH3+]. The fourth-order valence-corrected chi connectivity index (χ4v) is 3.26. The number of nitrogen functional groups attached to an aromatic ring is 2. The Bertz CT molecular complexity index is 1510. The second-order valence-corrected chi connectivity index (χ2v) is 9.56. The summed E-state index contributed by atoms with van der Waals surface area (Å²) in [5.41, 5.74) is 2.70. The number of nitrogens with zero attached hydrogens (tertiary/aromatic N) is 10. The van der Waals surface area contributed by atoms with Gasteiger partial charge in [0.25, 0.3) is 0 Å². The first kappa shape index (κ1) is 44.2. The quantitative estimate of drug-likeness (QED) is 0.0954. The molecule has 6 aromatic heterocycles. The summed E-state index contributed by atoms with van der Waals surface area (Å²) in [6.45, 7) is 0. The predicted octanol–water partition coefficient (Wildman–Crippen LogP) is -9.13. The number of halogens is 2. The Kier molecular flexibility index (Phi) is 18.5. The van der Waals surface area contributed by atoms with Crippen LogP contribution in [0.4, 0.5) is 0 Å². The van der Waals surface area contributed by atoms with E-state index in [-0.39, 0.29) is 27.4 Å². The van der Waals surface area contributed by atoms with Crippen LogP contribution >= 0.6 is 0 Å². The van der Waals surface area contributed by atoms with Crippen molar-refractivity contribution in [3.8, 4) is 46.1 Å². The molecular formula is C24H26Cl2N12NiO10+2. The van der Waals surface area contributed by atoms with Crippen molar-refractivity contribution in [2.75, 3.05) is 11.7 Å². The topological polar surface area (TPSA) is 416 Å². The number of aromatic nitrogens is 10. The van der Waals surface area contributed by atoms with E-state index in [9.17, 15) is 0 Å². The van der Waals surface area contributed by atoms with Crippen molar-refractivity contribution in [3.05, 3.63) is 97.6 Å². The summed E-state index contributed by atoms with van der Waals surface area (Å²) in [5.74, 6) is 14.0. The summed E-state index contributed by atoms with van der Waals surface area (Å²) < 4.78 is 70.7. The van der Waals surface area contributed by atoms with Crippen molar-refractivity contribution in [2.24, 2.45) is 0 Å². The van der Waals surface area contributed by atoms with Crippen molar-refractivity contribution in [1.29, 1.82) is 0 Å². The van der Waals surface area contributed by atoms with Crippen LogP contribution < -0.4 is 49.0 Å². The van der Waals surface area contributed by atoms with Crippen LogP contribution in [0, 0.1) is 20.5 Å². The molecule has 264 valence electrons. The Labute approximate surface area is 289 Å². The molecule has 0 spiro atoms. The third kappa shape index (κ3) is 15.3. The molecule has 0 aliphatic carbocycles. The van der Waals surface area contributed by atoms with E-state index < -0.39 is 20.5 Å². The summed E-state index contributed by atoms with van der Waals surface area (Å²) in [4.78, 5) is 16.8. The Morgan fingerprint density at radius 2 is 0.592 bits per heavy atom. The van der Waals surface area contributed by atoms with Crippen LogP contribution in [0.3, 0.4) is 0 Å². The maximum absolute atomic E-state index is 8.49. The minimum Gasteiger partial charge on any atom is -0.457 e. The first-order valence-corrected chi connectivity index (χ1v) is 14.5. The van der Waals surface area contributed by atoms with E-state index in [2.05, 4.69) is 40.3 Å². The van der Waals surface area contributed by atoms with Crippen molar-refractivity contribution in [1.82, 2.24) is 49.7 Å². The molecule has 6 aromatic rings. The van der Waals surface area contributed by atoms with Gasteiger partial charge in [0.2, 0.25) is 23.3 Å². The van der Waals surface area contributed by atoms with Crippen LogP contribution in [-0.4, -0.2) is 49.7 Å². The minimum atomic E-state index is -4.94. The van der Waals surface area contributed by atoms with Crippen LogP contribution in [0.25, 0.3) is 46.1 Å². The molecule has 6 rings (SSSR count). The van der Waals surface area contributed by atoms with Crippen molar-refractivity contribution >= 4 is 0 Å². The van der Waals surface area contributed by atoms with Crippen molar-refractivity contribution in [2.45, 2.75) is 0 Å². The van der Waals surface area contributed by atoms with Gasteiger partial charge in [-0.2, -0.15) is 0 Å². The Morgan fingerprint density at radius 3 is 0.735 bits per heavy atom. The second-order valence-electron chi connectivity index (χ2n) is 8.05. The molecule has 0 bridgehead atoms.